The Labute approximate surface area is 76.7 Å². The summed E-state index contributed by atoms with van der Waals surface area (Å²) in [6.45, 7) is 2.84. The van der Waals surface area contributed by atoms with E-state index in [1.54, 1.807) is 0 Å². The highest BCUT2D eigenvalue weighted by molar-refractivity contribution is 5.92. The SMILES string of the molecule is CCn1nc(C(N)=O)c2c1CCC2. The predicted molar refractivity (Wildman–Crippen MR) is 48.4 cm³/mol. The highest BCUT2D eigenvalue weighted by Crippen LogP contribution is 2.24. The van der Waals surface area contributed by atoms with Gasteiger partial charge in [-0.05, 0) is 26.2 Å². The summed E-state index contributed by atoms with van der Waals surface area (Å²) in [5.74, 6) is -0.398. The van der Waals surface area contributed by atoms with Crippen LogP contribution in [0.4, 0.5) is 0 Å². The molecule has 0 atom stereocenters. The molecule has 0 spiro atoms. The molecule has 0 aliphatic heterocycles. The van der Waals surface area contributed by atoms with Gasteiger partial charge in [0.1, 0.15) is 0 Å². The quantitative estimate of drug-likeness (QED) is 0.718. The Balaban J connectivity index is 2.54. The van der Waals surface area contributed by atoms with Gasteiger partial charge in [-0.15, -0.1) is 0 Å². The van der Waals surface area contributed by atoms with Gasteiger partial charge < -0.3 is 5.73 Å². The van der Waals surface area contributed by atoms with Gasteiger partial charge >= 0.3 is 0 Å². The number of nitrogens with two attached hydrogens (primary N) is 1. The number of rotatable bonds is 2. The van der Waals surface area contributed by atoms with Crippen LogP contribution in [0.3, 0.4) is 0 Å². The lowest BCUT2D eigenvalue weighted by molar-refractivity contribution is 0.0994. The zero-order valence-corrected chi connectivity index (χ0v) is 7.71. The second kappa shape index (κ2) is 2.87. The molecule has 1 aromatic rings. The van der Waals surface area contributed by atoms with E-state index in [0.717, 1.165) is 31.4 Å². The number of fused-ring (bicyclic) bond motifs is 1. The van der Waals surface area contributed by atoms with Gasteiger partial charge in [0.05, 0.1) is 0 Å². The summed E-state index contributed by atoms with van der Waals surface area (Å²) >= 11 is 0. The predicted octanol–water partition coefficient (Wildman–Crippen LogP) is 0.491. The van der Waals surface area contributed by atoms with Crippen molar-refractivity contribution in [1.82, 2.24) is 9.78 Å². The van der Waals surface area contributed by atoms with Gasteiger partial charge in [-0.3, -0.25) is 9.48 Å². The molecule has 0 aromatic carbocycles. The summed E-state index contributed by atoms with van der Waals surface area (Å²) in [6, 6.07) is 0. The zero-order chi connectivity index (χ0) is 9.42. The Morgan fingerprint density at radius 1 is 1.62 bits per heavy atom. The van der Waals surface area contributed by atoms with Crippen LogP contribution in [0.25, 0.3) is 0 Å². The Hall–Kier alpha value is -1.32. The van der Waals surface area contributed by atoms with E-state index < -0.39 is 5.91 Å². The van der Waals surface area contributed by atoms with Crippen molar-refractivity contribution in [3.8, 4) is 0 Å². The first kappa shape index (κ1) is 8.29. The maximum atomic E-state index is 11.0. The second-order valence-electron chi connectivity index (χ2n) is 3.31. The number of carbonyl (C=O) groups is 1. The number of nitrogens with zero attached hydrogens (tertiary/aromatic N) is 2. The Kier molecular flexibility index (Phi) is 1.83. The number of aryl methyl sites for hydroxylation is 1. The topological polar surface area (TPSA) is 60.9 Å². The molecule has 1 aliphatic carbocycles. The standard InChI is InChI=1S/C9H13N3O/c1-2-12-7-5-3-4-6(7)8(11-12)9(10)13/h2-5H2,1H3,(H2,10,13). The summed E-state index contributed by atoms with van der Waals surface area (Å²) in [4.78, 5) is 11.0. The fourth-order valence-corrected chi connectivity index (χ4v) is 1.97. The number of carbonyl (C=O) groups excluding carboxylic acids is 1. The zero-order valence-electron chi connectivity index (χ0n) is 7.71. The van der Waals surface area contributed by atoms with Crippen LogP contribution in [0.15, 0.2) is 0 Å². The molecule has 2 rings (SSSR count). The molecule has 4 nitrogen and oxygen atoms in total. The molecule has 70 valence electrons. The number of hydrogen-bond acceptors (Lipinski definition) is 2. The number of aromatic nitrogens is 2. The molecule has 0 radical (unpaired) electrons. The van der Waals surface area contributed by atoms with E-state index in [1.807, 2.05) is 11.6 Å². The fourth-order valence-electron chi connectivity index (χ4n) is 1.97. The lowest BCUT2D eigenvalue weighted by Gasteiger charge is -1.98. The van der Waals surface area contributed by atoms with Crippen LogP contribution in [-0.4, -0.2) is 15.7 Å². The van der Waals surface area contributed by atoms with E-state index in [4.69, 9.17) is 5.73 Å². The van der Waals surface area contributed by atoms with E-state index in [0.29, 0.717) is 5.69 Å². The number of primary amides is 1. The Morgan fingerprint density at radius 3 is 3.00 bits per heavy atom. The van der Waals surface area contributed by atoms with E-state index in [9.17, 15) is 4.79 Å². The minimum atomic E-state index is -0.398. The molecule has 0 bridgehead atoms. The van der Waals surface area contributed by atoms with Crippen molar-refractivity contribution in [1.29, 1.82) is 0 Å². The van der Waals surface area contributed by atoms with E-state index in [2.05, 4.69) is 5.10 Å². The highest BCUT2D eigenvalue weighted by Gasteiger charge is 2.23. The van der Waals surface area contributed by atoms with Crippen LogP contribution < -0.4 is 5.73 Å². The van der Waals surface area contributed by atoms with Gasteiger partial charge in [-0.2, -0.15) is 5.10 Å². The van der Waals surface area contributed by atoms with E-state index in [1.165, 1.54) is 5.69 Å². The minimum absolute atomic E-state index is 0.398. The summed E-state index contributed by atoms with van der Waals surface area (Å²) in [5, 5.41) is 4.19. The van der Waals surface area contributed by atoms with Crippen LogP contribution in [0.1, 0.15) is 35.1 Å². The average molecular weight is 179 g/mol. The molecule has 0 fully saturated rings. The summed E-state index contributed by atoms with van der Waals surface area (Å²) < 4.78 is 1.89. The summed E-state index contributed by atoms with van der Waals surface area (Å²) in [6.07, 6.45) is 3.10. The Morgan fingerprint density at radius 2 is 2.38 bits per heavy atom. The van der Waals surface area contributed by atoms with Crippen molar-refractivity contribution < 1.29 is 4.79 Å². The first-order chi connectivity index (χ1) is 6.24. The molecule has 1 amide bonds. The molecule has 1 aromatic heterocycles. The van der Waals surface area contributed by atoms with Crippen LogP contribution in [0.5, 0.6) is 0 Å². The first-order valence-electron chi connectivity index (χ1n) is 4.62. The van der Waals surface area contributed by atoms with Gasteiger partial charge in [0, 0.05) is 17.8 Å². The van der Waals surface area contributed by atoms with Crippen molar-refractivity contribution in [2.75, 3.05) is 0 Å². The largest absolute Gasteiger partial charge is 0.364 e. The molecule has 13 heavy (non-hydrogen) atoms. The van der Waals surface area contributed by atoms with Crippen molar-refractivity contribution in [3.05, 3.63) is 17.0 Å². The van der Waals surface area contributed by atoms with Crippen molar-refractivity contribution >= 4 is 5.91 Å². The molecule has 4 heteroatoms. The van der Waals surface area contributed by atoms with E-state index >= 15 is 0 Å². The van der Waals surface area contributed by atoms with Crippen molar-refractivity contribution in [2.45, 2.75) is 32.7 Å². The lowest BCUT2D eigenvalue weighted by atomic mass is 10.2. The third-order valence-corrected chi connectivity index (χ3v) is 2.54. The van der Waals surface area contributed by atoms with Gasteiger partial charge in [0.2, 0.25) is 0 Å². The second-order valence-corrected chi connectivity index (χ2v) is 3.31. The summed E-state index contributed by atoms with van der Waals surface area (Å²) in [5.41, 5.74) is 8.00. The van der Waals surface area contributed by atoms with Crippen LogP contribution in [0, 0.1) is 0 Å². The van der Waals surface area contributed by atoms with Gasteiger partial charge in [-0.1, -0.05) is 0 Å². The van der Waals surface area contributed by atoms with Gasteiger partial charge in [0.25, 0.3) is 5.91 Å². The van der Waals surface area contributed by atoms with E-state index in [-0.39, 0.29) is 0 Å². The smallest absolute Gasteiger partial charge is 0.269 e. The molecule has 0 saturated heterocycles. The highest BCUT2D eigenvalue weighted by atomic mass is 16.1. The molecular formula is C9H13N3O. The Bertz CT molecular complexity index is 354. The van der Waals surface area contributed by atoms with Crippen LogP contribution in [-0.2, 0) is 19.4 Å². The first-order valence-corrected chi connectivity index (χ1v) is 4.62. The van der Waals surface area contributed by atoms with Gasteiger partial charge in [0.15, 0.2) is 5.69 Å². The maximum Gasteiger partial charge on any atom is 0.269 e. The van der Waals surface area contributed by atoms with Crippen molar-refractivity contribution in [3.63, 3.8) is 0 Å². The molecule has 2 N–H and O–H groups in total. The minimum Gasteiger partial charge on any atom is -0.364 e. The maximum absolute atomic E-state index is 11.0. The fraction of sp³-hybridized carbons (Fsp3) is 0.556. The molecule has 0 saturated carbocycles. The number of amides is 1. The molecule has 1 heterocycles. The number of hydrogen-bond donors (Lipinski definition) is 1. The summed E-state index contributed by atoms with van der Waals surface area (Å²) in [7, 11) is 0. The third-order valence-electron chi connectivity index (χ3n) is 2.54. The lowest BCUT2D eigenvalue weighted by Crippen LogP contribution is -2.14. The van der Waals surface area contributed by atoms with Crippen LogP contribution >= 0.6 is 0 Å². The normalized spacial score (nSPS) is 14.5. The van der Waals surface area contributed by atoms with Crippen LogP contribution in [0.2, 0.25) is 0 Å². The molecule has 0 unspecified atom stereocenters. The van der Waals surface area contributed by atoms with Crippen molar-refractivity contribution in [2.24, 2.45) is 5.73 Å². The monoisotopic (exact) mass is 179 g/mol. The molecule has 1 aliphatic rings. The third kappa shape index (κ3) is 1.13. The van der Waals surface area contributed by atoms with Gasteiger partial charge in [-0.25, -0.2) is 0 Å². The average Bonchev–Trinajstić information content (AvgIpc) is 2.61. The molecular weight excluding hydrogens is 166 g/mol.